The van der Waals surface area contributed by atoms with Crippen molar-refractivity contribution in [3.63, 3.8) is 0 Å². The number of nitrogens with zero attached hydrogens (tertiary/aromatic N) is 3. The van der Waals surface area contributed by atoms with Crippen LogP contribution >= 0.6 is 0 Å². The number of benzene rings is 1. The van der Waals surface area contributed by atoms with Gasteiger partial charge in [0.1, 0.15) is 18.1 Å². The third-order valence-corrected chi connectivity index (χ3v) is 21.6. The first-order valence-corrected chi connectivity index (χ1v) is 35.6. The van der Waals surface area contributed by atoms with Crippen LogP contribution in [0.2, 0.25) is 0 Å². The Morgan fingerprint density at radius 1 is 0.812 bits per heavy atom. The number of ether oxygens (including phenoxy) is 9. The molecule has 0 radical (unpaired) electrons. The summed E-state index contributed by atoms with van der Waals surface area (Å²) in [6.45, 7) is 17.2. The molecule has 2 heterocycles. The number of carbonyl (C=O) groups excluding carboxylic acids is 7. The maximum Gasteiger partial charge on any atom is 0.407 e. The number of alkyl carbamates (subject to hydrolysis) is 1. The Bertz CT molecular complexity index is 3010. The lowest BCUT2D eigenvalue weighted by molar-refractivity contribution is -0.200. The van der Waals surface area contributed by atoms with Crippen molar-refractivity contribution in [1.29, 1.82) is 0 Å². The largest absolute Gasteiger partial charge is 0.486 e. The van der Waals surface area contributed by atoms with Gasteiger partial charge in [-0.05, 0) is 142 Å². The van der Waals surface area contributed by atoms with Gasteiger partial charge in [0.05, 0.1) is 102 Å². The van der Waals surface area contributed by atoms with Gasteiger partial charge in [0, 0.05) is 61.6 Å². The van der Waals surface area contributed by atoms with Crippen LogP contribution in [0.25, 0.3) is 0 Å². The maximum atomic E-state index is 14.9. The fourth-order valence-electron chi connectivity index (χ4n) is 16.6. The number of amides is 4. The van der Waals surface area contributed by atoms with Gasteiger partial charge in [0.2, 0.25) is 11.7 Å². The summed E-state index contributed by atoms with van der Waals surface area (Å²) in [5, 5.41) is 29.2. The SMILES string of the molecule is CCCCOCCn1nnc2c1CCC1C(CC2)C1COC(=O)NCCOCCOCCOCCOCCC(=O)N[C@H](C(=O)C[C@@H](CCCNC(N)=O)C(=O)Cc1ccc(OCC(=O)[C@@]23OC(CCC)O[C@@H]2C[C@H]2[C@@H]4CCC5=CC(=O)C=C[C@]5(C)[C@H]4[C@@H](O)C[C@@]23C)cc1)C(C)C. The van der Waals surface area contributed by atoms with Crippen molar-refractivity contribution < 1.29 is 81.3 Å². The Hall–Kier alpha value is -5.99. The number of hydrogen-bond acceptors (Lipinski definition) is 19. The monoisotopic (exact) mass is 1340 g/mol. The highest BCUT2D eigenvalue weighted by molar-refractivity contribution is 6.01. The Labute approximate surface area is 565 Å². The van der Waals surface area contributed by atoms with E-state index in [0.717, 1.165) is 75.7 Å². The average molecular weight is 1340 g/mol. The average Bonchev–Trinajstić information content (AvgIpc) is 1.50. The Kier molecular flexibility index (Phi) is 27.2. The molecular weight excluding hydrogens is 1230 g/mol. The normalized spacial score (nSPS) is 28.3. The van der Waals surface area contributed by atoms with Gasteiger partial charge in [-0.15, -0.1) is 5.10 Å². The molecule has 24 nitrogen and oxygen atoms in total. The van der Waals surface area contributed by atoms with Crippen LogP contribution in [0, 0.1) is 58.2 Å². The predicted molar refractivity (Wildman–Crippen MR) is 353 cm³/mol. The van der Waals surface area contributed by atoms with Crippen molar-refractivity contribution >= 4 is 41.2 Å². The summed E-state index contributed by atoms with van der Waals surface area (Å²) in [4.78, 5) is 92.5. The minimum Gasteiger partial charge on any atom is -0.486 e. The molecular formula is C72H107N7O17. The number of aromatic nitrogens is 3. The van der Waals surface area contributed by atoms with Crippen molar-refractivity contribution in [2.45, 2.75) is 187 Å². The summed E-state index contributed by atoms with van der Waals surface area (Å²) in [5.74, 6) is -0.270. The number of allylic oxidation sites excluding steroid dienone is 4. The number of primary amides is 1. The number of hydrogen-bond donors (Lipinski definition) is 5. The summed E-state index contributed by atoms with van der Waals surface area (Å²) < 4.78 is 55.4. The summed E-state index contributed by atoms with van der Waals surface area (Å²) in [6, 6.07) is 5.37. The first-order valence-electron chi connectivity index (χ1n) is 35.6. The molecule has 96 heavy (non-hydrogen) atoms. The molecule has 5 fully saturated rings. The Balaban J connectivity index is 0.633. The smallest absolute Gasteiger partial charge is 0.407 e. The summed E-state index contributed by atoms with van der Waals surface area (Å²) >= 11 is 0. The van der Waals surface area contributed by atoms with Crippen LogP contribution in [0.15, 0.2) is 48.1 Å². The van der Waals surface area contributed by atoms with Crippen LogP contribution in [0.5, 0.6) is 5.75 Å². The highest BCUT2D eigenvalue weighted by Gasteiger charge is 2.76. The molecule has 4 unspecified atom stereocenters. The van der Waals surface area contributed by atoms with E-state index in [1.165, 1.54) is 5.69 Å². The van der Waals surface area contributed by atoms with Gasteiger partial charge in [-0.3, -0.25) is 24.0 Å². The van der Waals surface area contributed by atoms with E-state index < -0.39 is 59.0 Å². The molecule has 0 spiro atoms. The highest BCUT2D eigenvalue weighted by Crippen LogP contribution is 2.70. The third-order valence-electron chi connectivity index (χ3n) is 21.6. The van der Waals surface area contributed by atoms with Crippen LogP contribution in [0.4, 0.5) is 9.59 Å². The van der Waals surface area contributed by atoms with E-state index in [-0.39, 0.29) is 111 Å². The van der Waals surface area contributed by atoms with Crippen LogP contribution in [0.3, 0.4) is 0 Å². The summed E-state index contributed by atoms with van der Waals surface area (Å²) in [6.07, 6.45) is 13.6. The Morgan fingerprint density at radius 2 is 1.51 bits per heavy atom. The zero-order chi connectivity index (χ0) is 68.4. The van der Waals surface area contributed by atoms with E-state index in [4.69, 9.17) is 48.4 Å². The molecule has 14 atom stereocenters. The number of urea groups is 1. The highest BCUT2D eigenvalue weighted by atomic mass is 16.7. The van der Waals surface area contributed by atoms with Gasteiger partial charge in [-0.25, -0.2) is 14.3 Å². The van der Waals surface area contributed by atoms with Crippen molar-refractivity contribution in [2.75, 3.05) is 92.4 Å². The maximum absolute atomic E-state index is 14.9. The number of aryl methyl sites for hydroxylation is 1. The van der Waals surface area contributed by atoms with E-state index in [9.17, 15) is 38.7 Å². The number of rotatable bonds is 41. The molecule has 24 heteroatoms. The van der Waals surface area contributed by atoms with E-state index in [0.29, 0.717) is 114 Å². The molecule has 7 aliphatic rings. The fraction of sp³-hybridized carbons (Fsp3) is 0.736. The number of nitrogens with two attached hydrogens (primary N) is 1. The van der Waals surface area contributed by atoms with Crippen molar-refractivity contribution in [2.24, 2.45) is 63.9 Å². The van der Waals surface area contributed by atoms with Gasteiger partial charge in [-0.1, -0.05) is 83.4 Å². The first kappa shape index (κ1) is 74.2. The van der Waals surface area contributed by atoms with Crippen molar-refractivity contribution in [3.8, 4) is 5.75 Å². The minimum absolute atomic E-state index is 0.00171. The van der Waals surface area contributed by atoms with Gasteiger partial charge < -0.3 is 69.4 Å². The quantitative estimate of drug-likeness (QED) is 0.0414. The summed E-state index contributed by atoms with van der Waals surface area (Å²) in [7, 11) is 0. The second kappa shape index (κ2) is 35.2. The molecule has 1 aromatic heterocycles. The van der Waals surface area contributed by atoms with Gasteiger partial charge in [0.25, 0.3) is 0 Å². The lowest BCUT2D eigenvalue weighted by atomic mass is 9.46. The molecule has 532 valence electrons. The number of carbonyl (C=O) groups is 7. The number of aliphatic hydroxyl groups is 1. The first-order chi connectivity index (χ1) is 46.3. The fourth-order valence-corrected chi connectivity index (χ4v) is 16.6. The van der Waals surface area contributed by atoms with E-state index in [2.05, 4.69) is 47.0 Å². The summed E-state index contributed by atoms with van der Waals surface area (Å²) in [5.41, 5.74) is 6.78. The molecule has 1 aliphatic heterocycles. The second-order valence-electron chi connectivity index (χ2n) is 28.2. The number of fused-ring (bicyclic) bond motifs is 9. The number of nitrogens with one attached hydrogen (secondary N) is 3. The van der Waals surface area contributed by atoms with E-state index >= 15 is 0 Å². The van der Waals surface area contributed by atoms with Gasteiger partial charge in [0.15, 0.2) is 23.5 Å². The second-order valence-corrected chi connectivity index (χ2v) is 28.2. The number of ketones is 4. The molecule has 6 aliphatic carbocycles. The van der Waals surface area contributed by atoms with Crippen LogP contribution < -0.4 is 26.4 Å². The molecule has 2 aromatic rings. The Morgan fingerprint density at radius 3 is 2.22 bits per heavy atom. The molecule has 4 saturated carbocycles. The predicted octanol–water partition coefficient (Wildman–Crippen LogP) is 7.11. The zero-order valence-corrected chi connectivity index (χ0v) is 57.5. The van der Waals surface area contributed by atoms with Crippen LogP contribution in [-0.2, 0) is 87.7 Å². The lowest BCUT2D eigenvalue weighted by Gasteiger charge is -2.59. The van der Waals surface area contributed by atoms with E-state index in [1.54, 1.807) is 36.4 Å². The lowest BCUT2D eigenvalue weighted by Crippen LogP contribution is -2.63. The van der Waals surface area contributed by atoms with E-state index in [1.807, 2.05) is 31.5 Å². The minimum atomic E-state index is -1.34. The molecule has 1 aromatic carbocycles. The molecule has 6 N–H and O–H groups in total. The van der Waals surface area contributed by atoms with Gasteiger partial charge in [-0.2, -0.15) is 0 Å². The van der Waals surface area contributed by atoms with Crippen LogP contribution in [-0.4, -0.2) is 184 Å². The number of aliphatic hydroxyl groups excluding tert-OH is 1. The molecule has 0 bridgehead atoms. The van der Waals surface area contributed by atoms with Crippen LogP contribution in [0.1, 0.15) is 148 Å². The van der Waals surface area contributed by atoms with Gasteiger partial charge >= 0.3 is 12.1 Å². The standard InChI is InChI=1S/C72H107N7O17/c1-7-9-29-88-32-28-79-58-22-20-53-52(19-21-57(58)77-78-79)55(53)44-94-69(87)75-27-31-90-34-36-92-38-37-91-35-33-89-30-24-64(85)76-67(46(3)4)60(82)40-48(12-10-26-74-68(73)86)59(81)39-47-13-16-51(17-14-47)93-45-62(84)72-63(95-65(96-72)11-8-2)42-56-54-18-15-49-41-50(80)23-25-70(49,5)66(54)61(83)43-71(56,72)6/h13-14,16-17,23,25,41,46,48,52-56,61,63,65-67,83H,7-12,15,18-22,24,26-40,42-45H2,1-6H3,(H,75,87)(H,76,85)(H3,73,74,86)/t48-,52?,53?,54+,55?,56+,61+,63-,65?,66-,67+,70+,71+,72-/m1/s1. The molecule has 9 rings (SSSR count). The number of Topliss-reactive ketones (excluding diaryl/α,β-unsaturated/α-hetero) is 3. The number of unbranched alkanes of at least 4 members (excludes halogenated alkanes) is 1. The molecule has 4 amide bonds. The van der Waals surface area contributed by atoms with Crippen molar-refractivity contribution in [1.82, 2.24) is 30.9 Å². The van der Waals surface area contributed by atoms with Crippen molar-refractivity contribution in [3.05, 3.63) is 65.0 Å². The topological polar surface area (TPSA) is 316 Å². The molecule has 1 saturated heterocycles. The third kappa shape index (κ3) is 18.5. The zero-order valence-electron chi connectivity index (χ0n) is 57.5.